The van der Waals surface area contributed by atoms with E-state index in [-0.39, 0.29) is 5.91 Å². The van der Waals surface area contributed by atoms with Crippen LogP contribution >= 0.6 is 11.3 Å². The fraction of sp³-hybridized carbons (Fsp3) is 0.0769. The van der Waals surface area contributed by atoms with Gasteiger partial charge in [-0.15, -0.1) is 11.3 Å². The number of carboxylic acid groups (broad SMARTS) is 1. The molecule has 0 aliphatic heterocycles. The molecule has 6 nitrogen and oxygen atoms in total. The van der Waals surface area contributed by atoms with Crippen LogP contribution in [0, 0.1) is 0 Å². The van der Waals surface area contributed by atoms with Crippen molar-refractivity contribution in [1.82, 2.24) is 15.3 Å². The summed E-state index contributed by atoms with van der Waals surface area (Å²) in [7, 11) is 0. The quantitative estimate of drug-likeness (QED) is 0.815. The third-order valence-corrected chi connectivity index (χ3v) is 3.13. The van der Waals surface area contributed by atoms with Gasteiger partial charge in [-0.1, -0.05) is 0 Å². The van der Waals surface area contributed by atoms with Crippen molar-refractivity contribution in [2.75, 3.05) is 0 Å². The molecule has 0 aromatic carbocycles. The summed E-state index contributed by atoms with van der Waals surface area (Å²) in [6, 6.07) is 1.58. The molecule has 0 radical (unpaired) electrons. The molecule has 2 aromatic rings. The maximum atomic E-state index is 11.9. The Labute approximate surface area is 118 Å². The van der Waals surface area contributed by atoms with Gasteiger partial charge in [0.05, 0.1) is 17.6 Å². The van der Waals surface area contributed by atoms with Crippen LogP contribution in [0.3, 0.4) is 0 Å². The Hall–Kier alpha value is -2.54. The Balaban J connectivity index is 2.02. The number of nitrogens with zero attached hydrogens (tertiary/aromatic N) is 2. The number of nitrogens with one attached hydrogen (secondary N) is 1. The topological polar surface area (TPSA) is 92.2 Å². The predicted molar refractivity (Wildman–Crippen MR) is 74.2 cm³/mol. The lowest BCUT2D eigenvalue weighted by Gasteiger charge is -2.03. The molecule has 0 saturated carbocycles. The molecule has 0 aliphatic carbocycles. The van der Waals surface area contributed by atoms with Crippen molar-refractivity contribution in [2.45, 2.75) is 6.54 Å². The Bertz CT molecular complexity index is 638. The van der Waals surface area contributed by atoms with E-state index < -0.39 is 5.97 Å². The number of amides is 1. The molecule has 0 aliphatic rings. The number of hydrogen-bond acceptors (Lipinski definition) is 5. The summed E-state index contributed by atoms with van der Waals surface area (Å²) in [5.74, 6) is -1.32. The molecule has 2 rings (SSSR count). The molecule has 2 heterocycles. The summed E-state index contributed by atoms with van der Waals surface area (Å²) in [5.41, 5.74) is 2.63. The highest BCUT2D eigenvalue weighted by atomic mass is 32.1. The molecule has 0 bridgehead atoms. The zero-order valence-corrected chi connectivity index (χ0v) is 11.1. The number of aromatic nitrogens is 2. The van der Waals surface area contributed by atoms with Crippen LogP contribution in [0.15, 0.2) is 36.2 Å². The highest BCUT2D eigenvalue weighted by molar-refractivity contribution is 7.09. The van der Waals surface area contributed by atoms with Gasteiger partial charge < -0.3 is 10.4 Å². The van der Waals surface area contributed by atoms with E-state index in [9.17, 15) is 9.59 Å². The molecular weight excluding hydrogens is 278 g/mol. The summed E-state index contributed by atoms with van der Waals surface area (Å²) in [6.07, 6.45) is 6.99. The van der Waals surface area contributed by atoms with Gasteiger partial charge in [-0.25, -0.2) is 4.79 Å². The van der Waals surface area contributed by atoms with Crippen LogP contribution < -0.4 is 5.32 Å². The molecular formula is C13H11N3O3S. The third-order valence-electron chi connectivity index (χ3n) is 2.35. The maximum Gasteiger partial charge on any atom is 0.328 e. The Morgan fingerprint density at radius 2 is 2.15 bits per heavy atom. The van der Waals surface area contributed by atoms with Crippen LogP contribution in [0.4, 0.5) is 0 Å². The predicted octanol–water partition coefficient (Wildman–Crippen LogP) is 1.57. The van der Waals surface area contributed by atoms with Gasteiger partial charge in [-0.3, -0.25) is 14.8 Å². The minimum Gasteiger partial charge on any atom is -0.478 e. The van der Waals surface area contributed by atoms with E-state index in [4.69, 9.17) is 5.11 Å². The second-order valence-electron chi connectivity index (χ2n) is 3.83. The summed E-state index contributed by atoms with van der Waals surface area (Å²) >= 11 is 1.46. The van der Waals surface area contributed by atoms with Gasteiger partial charge in [0.25, 0.3) is 5.91 Å². The van der Waals surface area contributed by atoms with Crippen LogP contribution in [0.25, 0.3) is 6.08 Å². The Morgan fingerprint density at radius 1 is 1.30 bits per heavy atom. The molecule has 0 unspecified atom stereocenters. The molecule has 2 aromatic heterocycles. The van der Waals surface area contributed by atoms with Crippen molar-refractivity contribution in [1.29, 1.82) is 0 Å². The van der Waals surface area contributed by atoms with Crippen molar-refractivity contribution in [2.24, 2.45) is 0 Å². The summed E-state index contributed by atoms with van der Waals surface area (Å²) in [6.45, 7) is 0.401. The van der Waals surface area contributed by atoms with Gasteiger partial charge in [0.1, 0.15) is 0 Å². The first kappa shape index (κ1) is 13.9. The van der Waals surface area contributed by atoms with Crippen LogP contribution in [0.5, 0.6) is 0 Å². The van der Waals surface area contributed by atoms with Crippen LogP contribution in [0.2, 0.25) is 0 Å². The van der Waals surface area contributed by atoms with E-state index in [1.165, 1.54) is 29.8 Å². The van der Waals surface area contributed by atoms with Gasteiger partial charge in [-0.05, 0) is 17.7 Å². The highest BCUT2D eigenvalue weighted by Crippen LogP contribution is 2.07. The molecule has 20 heavy (non-hydrogen) atoms. The molecule has 0 spiro atoms. The number of carbonyl (C=O) groups is 2. The Morgan fingerprint density at radius 3 is 2.85 bits per heavy atom. The lowest BCUT2D eigenvalue weighted by atomic mass is 10.2. The van der Waals surface area contributed by atoms with Crippen LogP contribution in [0.1, 0.15) is 20.8 Å². The zero-order chi connectivity index (χ0) is 14.4. The van der Waals surface area contributed by atoms with Crippen molar-refractivity contribution in [3.8, 4) is 0 Å². The fourth-order valence-corrected chi connectivity index (χ4v) is 1.97. The Kier molecular flexibility index (Phi) is 4.56. The third kappa shape index (κ3) is 3.99. The van der Waals surface area contributed by atoms with E-state index in [2.05, 4.69) is 15.3 Å². The number of carboxylic acids is 1. The number of carbonyl (C=O) groups excluding carboxylic acids is 1. The summed E-state index contributed by atoms with van der Waals surface area (Å²) < 4.78 is 0. The van der Waals surface area contributed by atoms with E-state index in [1.807, 2.05) is 0 Å². The van der Waals surface area contributed by atoms with Crippen molar-refractivity contribution < 1.29 is 14.7 Å². The molecule has 2 N–H and O–H groups in total. The van der Waals surface area contributed by atoms with E-state index >= 15 is 0 Å². The molecule has 1 amide bonds. The normalized spacial score (nSPS) is 10.6. The highest BCUT2D eigenvalue weighted by Gasteiger charge is 2.06. The molecule has 0 saturated heterocycles. The van der Waals surface area contributed by atoms with Crippen LogP contribution in [-0.4, -0.2) is 27.0 Å². The maximum absolute atomic E-state index is 11.9. The molecule has 102 valence electrons. The van der Waals surface area contributed by atoms with Gasteiger partial charge in [0, 0.05) is 29.5 Å². The molecule has 7 heteroatoms. The zero-order valence-electron chi connectivity index (χ0n) is 10.3. The first-order valence-corrected chi connectivity index (χ1v) is 6.55. The van der Waals surface area contributed by atoms with Gasteiger partial charge in [0.15, 0.2) is 0 Å². The first-order valence-electron chi connectivity index (χ1n) is 5.67. The van der Waals surface area contributed by atoms with Crippen molar-refractivity contribution in [3.05, 3.63) is 52.2 Å². The summed E-state index contributed by atoms with van der Waals surface area (Å²) in [5, 5.41) is 11.3. The van der Waals surface area contributed by atoms with E-state index in [0.29, 0.717) is 17.7 Å². The minimum atomic E-state index is -1.05. The largest absolute Gasteiger partial charge is 0.478 e. The van der Waals surface area contributed by atoms with Crippen molar-refractivity contribution in [3.63, 3.8) is 0 Å². The second kappa shape index (κ2) is 6.58. The smallest absolute Gasteiger partial charge is 0.328 e. The number of pyridine rings is 1. The first-order chi connectivity index (χ1) is 9.65. The lowest BCUT2D eigenvalue weighted by molar-refractivity contribution is -0.131. The van der Waals surface area contributed by atoms with E-state index in [0.717, 1.165) is 11.0 Å². The van der Waals surface area contributed by atoms with Gasteiger partial charge >= 0.3 is 5.97 Å². The lowest BCUT2D eigenvalue weighted by Crippen LogP contribution is -2.22. The monoisotopic (exact) mass is 289 g/mol. The summed E-state index contributed by atoms with van der Waals surface area (Å²) in [4.78, 5) is 31.1. The van der Waals surface area contributed by atoms with E-state index in [1.54, 1.807) is 17.8 Å². The second-order valence-corrected chi connectivity index (χ2v) is 4.80. The number of thiazole rings is 1. The standard InChI is InChI=1S/C13H11N3O3S/c17-12(18)2-1-9-3-10(5-14-4-9)13(19)16-7-11-6-15-8-20-11/h1-6,8H,7H2,(H,16,19)(H,17,18)/b2-1+. The molecule has 0 fully saturated rings. The SMILES string of the molecule is O=C(O)/C=C/c1cncc(C(=O)NCc2cncs2)c1. The molecule has 0 atom stereocenters. The average Bonchev–Trinajstić information content (AvgIpc) is 2.96. The average molecular weight is 289 g/mol. The number of rotatable bonds is 5. The number of aliphatic carboxylic acids is 1. The van der Waals surface area contributed by atoms with Gasteiger partial charge in [0.2, 0.25) is 0 Å². The minimum absolute atomic E-state index is 0.267. The van der Waals surface area contributed by atoms with Crippen LogP contribution in [-0.2, 0) is 11.3 Å². The fourth-order valence-electron chi connectivity index (χ4n) is 1.44. The van der Waals surface area contributed by atoms with Gasteiger partial charge in [-0.2, -0.15) is 0 Å². The number of hydrogen-bond donors (Lipinski definition) is 2. The van der Waals surface area contributed by atoms with Crippen molar-refractivity contribution >= 4 is 29.3 Å².